The summed E-state index contributed by atoms with van der Waals surface area (Å²) in [4.78, 5) is 33.9. The topological polar surface area (TPSA) is 125 Å². The molecule has 3 N–H and O–H groups in total. The number of hydrogen-bond acceptors (Lipinski definition) is 6. The Morgan fingerprint density at radius 1 is 0.868 bits per heavy atom. The van der Waals surface area contributed by atoms with E-state index in [1.165, 1.54) is 0 Å². The molecule has 0 aliphatic heterocycles. The first kappa shape index (κ1) is 23.5. The minimum Gasteiger partial charge on any atom is -0.353 e. The Labute approximate surface area is 218 Å². The first-order chi connectivity index (χ1) is 18.3. The van der Waals surface area contributed by atoms with Crippen LogP contribution in [0.15, 0.2) is 73.4 Å². The lowest BCUT2D eigenvalue weighted by Gasteiger charge is -2.17. The van der Waals surface area contributed by atoms with Gasteiger partial charge in [0.1, 0.15) is 5.69 Å². The van der Waals surface area contributed by atoms with Crippen molar-refractivity contribution in [1.82, 2.24) is 35.1 Å². The molecule has 9 heteroatoms. The van der Waals surface area contributed by atoms with Gasteiger partial charge >= 0.3 is 0 Å². The van der Waals surface area contributed by atoms with Crippen LogP contribution in [0, 0.1) is 5.41 Å². The van der Waals surface area contributed by atoms with Crippen molar-refractivity contribution < 1.29 is 4.79 Å². The van der Waals surface area contributed by atoms with Crippen LogP contribution >= 0.6 is 0 Å². The largest absolute Gasteiger partial charge is 0.353 e. The molecule has 6 rings (SSSR count). The van der Waals surface area contributed by atoms with Crippen LogP contribution in [0.25, 0.3) is 55.8 Å². The Bertz CT molecular complexity index is 1780. The highest BCUT2D eigenvalue weighted by Crippen LogP contribution is 2.33. The summed E-state index contributed by atoms with van der Waals surface area (Å²) >= 11 is 0. The Morgan fingerprint density at radius 2 is 1.74 bits per heavy atom. The van der Waals surface area contributed by atoms with Gasteiger partial charge < -0.3 is 10.3 Å². The summed E-state index contributed by atoms with van der Waals surface area (Å²) < 4.78 is 0. The number of pyridine rings is 4. The molecule has 6 heterocycles. The molecular formula is C29H26N8O. The van der Waals surface area contributed by atoms with Crippen molar-refractivity contribution in [2.24, 2.45) is 5.41 Å². The maximum absolute atomic E-state index is 12.4. The van der Waals surface area contributed by atoms with Crippen molar-refractivity contribution in [3.05, 3.63) is 73.4 Å². The van der Waals surface area contributed by atoms with Gasteiger partial charge in [0.05, 0.1) is 46.4 Å². The Morgan fingerprint density at radius 3 is 2.55 bits per heavy atom. The maximum Gasteiger partial charge on any atom is 0.224 e. The van der Waals surface area contributed by atoms with Crippen molar-refractivity contribution in [3.63, 3.8) is 0 Å². The van der Waals surface area contributed by atoms with Gasteiger partial charge in [0, 0.05) is 46.9 Å². The third kappa shape index (κ3) is 4.61. The molecule has 0 atom stereocenters. The summed E-state index contributed by atoms with van der Waals surface area (Å²) in [5, 5.41) is 12.5. The molecule has 6 aromatic heterocycles. The number of carbonyl (C=O) groups is 1. The molecule has 0 saturated heterocycles. The fraction of sp³-hybridized carbons (Fsp3) is 0.172. The second kappa shape index (κ2) is 9.19. The monoisotopic (exact) mass is 502 g/mol. The van der Waals surface area contributed by atoms with E-state index in [-0.39, 0.29) is 11.3 Å². The summed E-state index contributed by atoms with van der Waals surface area (Å²) in [6.45, 7) is 6.10. The molecule has 0 radical (unpaired) electrons. The van der Waals surface area contributed by atoms with E-state index in [1.807, 2.05) is 57.2 Å². The number of H-pyrrole nitrogens is 2. The predicted molar refractivity (Wildman–Crippen MR) is 148 cm³/mol. The van der Waals surface area contributed by atoms with Crippen LogP contribution in [0.2, 0.25) is 0 Å². The number of rotatable bonds is 5. The van der Waals surface area contributed by atoms with Crippen molar-refractivity contribution in [1.29, 1.82) is 0 Å². The Hall–Kier alpha value is -4.92. The van der Waals surface area contributed by atoms with Crippen molar-refractivity contribution >= 4 is 33.4 Å². The second-order valence-corrected chi connectivity index (χ2v) is 10.5. The van der Waals surface area contributed by atoms with E-state index in [0.29, 0.717) is 12.1 Å². The van der Waals surface area contributed by atoms with Crippen molar-refractivity contribution in [2.45, 2.75) is 27.2 Å². The molecule has 9 nitrogen and oxygen atoms in total. The molecule has 0 aliphatic rings. The third-order valence-electron chi connectivity index (χ3n) is 6.17. The average Bonchev–Trinajstić information content (AvgIpc) is 3.51. The predicted octanol–water partition coefficient (Wildman–Crippen LogP) is 6.00. The summed E-state index contributed by atoms with van der Waals surface area (Å²) in [5.41, 5.74) is 7.07. The zero-order valence-electron chi connectivity index (χ0n) is 21.3. The van der Waals surface area contributed by atoms with E-state index in [9.17, 15) is 4.79 Å². The molecule has 38 heavy (non-hydrogen) atoms. The normalized spacial score (nSPS) is 11.8. The third-order valence-corrected chi connectivity index (χ3v) is 6.17. The molecule has 0 aromatic carbocycles. The molecule has 0 fully saturated rings. The first-order valence-electron chi connectivity index (χ1n) is 12.3. The average molecular weight is 503 g/mol. The lowest BCUT2D eigenvalue weighted by molar-refractivity contribution is -0.117. The first-order valence-corrected chi connectivity index (χ1v) is 12.3. The van der Waals surface area contributed by atoms with Crippen LogP contribution in [0.3, 0.4) is 0 Å². The zero-order valence-corrected chi connectivity index (χ0v) is 21.3. The van der Waals surface area contributed by atoms with Gasteiger partial charge in [0.25, 0.3) is 0 Å². The van der Waals surface area contributed by atoms with E-state index < -0.39 is 0 Å². The van der Waals surface area contributed by atoms with Gasteiger partial charge in [-0.2, -0.15) is 5.10 Å². The second-order valence-electron chi connectivity index (χ2n) is 10.5. The van der Waals surface area contributed by atoms with Gasteiger partial charge in [0.15, 0.2) is 0 Å². The van der Waals surface area contributed by atoms with E-state index in [2.05, 4.69) is 46.5 Å². The number of nitrogens with one attached hydrogen (secondary N) is 3. The van der Waals surface area contributed by atoms with E-state index in [4.69, 9.17) is 0 Å². The van der Waals surface area contributed by atoms with Gasteiger partial charge in [0.2, 0.25) is 5.91 Å². The molecular weight excluding hydrogens is 476 g/mol. The van der Waals surface area contributed by atoms with Gasteiger partial charge in [-0.15, -0.1) is 0 Å². The van der Waals surface area contributed by atoms with E-state index in [1.54, 1.807) is 31.0 Å². The minimum atomic E-state index is -0.101. The lowest BCUT2D eigenvalue weighted by atomic mass is 9.92. The molecule has 1 amide bonds. The number of anilines is 1. The lowest BCUT2D eigenvalue weighted by Crippen LogP contribution is -2.19. The molecule has 0 bridgehead atoms. The SMILES string of the molecule is CC(C)(C)CC(=O)Nc1cncc(-c2cc3c(-c4cc5c(-c6ccccn6)nccc5[nH]4)n[nH]c3cn2)c1. The number of hydrogen-bond donors (Lipinski definition) is 3. The van der Waals surface area contributed by atoms with Crippen LogP contribution in [0.1, 0.15) is 27.2 Å². The molecule has 6 aromatic rings. The van der Waals surface area contributed by atoms with Crippen LogP contribution in [0.4, 0.5) is 5.69 Å². The van der Waals surface area contributed by atoms with Crippen LogP contribution in [-0.4, -0.2) is 41.0 Å². The summed E-state index contributed by atoms with van der Waals surface area (Å²) in [5.74, 6) is -0.0460. The number of carbonyl (C=O) groups excluding carboxylic acids is 1. The molecule has 0 unspecified atom stereocenters. The molecule has 0 spiro atoms. The fourth-order valence-corrected chi connectivity index (χ4v) is 4.50. The van der Waals surface area contributed by atoms with Gasteiger partial charge in [-0.1, -0.05) is 26.8 Å². The van der Waals surface area contributed by atoms with Crippen LogP contribution in [0.5, 0.6) is 0 Å². The number of fused-ring (bicyclic) bond motifs is 2. The van der Waals surface area contributed by atoms with Gasteiger partial charge in [-0.25, -0.2) is 0 Å². The van der Waals surface area contributed by atoms with E-state index >= 15 is 0 Å². The van der Waals surface area contributed by atoms with Gasteiger partial charge in [-0.05, 0) is 41.8 Å². The van der Waals surface area contributed by atoms with Crippen LogP contribution in [-0.2, 0) is 4.79 Å². The van der Waals surface area contributed by atoms with Gasteiger partial charge in [-0.3, -0.25) is 29.8 Å². The molecule has 0 aliphatic carbocycles. The highest BCUT2D eigenvalue weighted by atomic mass is 16.1. The fourth-order valence-electron chi connectivity index (χ4n) is 4.50. The zero-order chi connectivity index (χ0) is 26.3. The summed E-state index contributed by atoms with van der Waals surface area (Å²) in [6, 6.07) is 13.6. The molecule has 188 valence electrons. The van der Waals surface area contributed by atoms with Crippen molar-refractivity contribution in [2.75, 3.05) is 5.32 Å². The standard InChI is InChI=1S/C29H26N8O/c1-29(2,3)13-26(38)34-18-10-17(14-30-15-18)23-11-20-25(16-33-23)36-37-28(20)24-12-19-21(35-24)7-9-32-27(19)22-6-4-5-8-31-22/h4-12,14-16,35H,13H2,1-3H3,(H,34,38)(H,36,37). The number of amides is 1. The van der Waals surface area contributed by atoms with E-state index in [0.717, 1.165) is 55.8 Å². The summed E-state index contributed by atoms with van der Waals surface area (Å²) in [6.07, 6.45) is 9.10. The highest BCUT2D eigenvalue weighted by molar-refractivity contribution is 6.00. The Kier molecular flexibility index (Phi) is 5.68. The molecule has 0 saturated carbocycles. The van der Waals surface area contributed by atoms with Crippen LogP contribution < -0.4 is 5.32 Å². The maximum atomic E-state index is 12.4. The quantitative estimate of drug-likeness (QED) is 0.265. The minimum absolute atomic E-state index is 0.0460. The summed E-state index contributed by atoms with van der Waals surface area (Å²) in [7, 11) is 0. The number of nitrogens with zero attached hydrogens (tertiary/aromatic N) is 5. The Balaban J connectivity index is 1.36. The highest BCUT2D eigenvalue weighted by Gasteiger charge is 2.18. The number of aromatic nitrogens is 7. The van der Waals surface area contributed by atoms with Crippen molar-refractivity contribution in [3.8, 4) is 34.0 Å². The number of aromatic amines is 2. The smallest absolute Gasteiger partial charge is 0.224 e.